The number of nitrogens with zero attached hydrogens (tertiary/aromatic N) is 3. The SMILES string of the molecule is CCOC(=O)c1nnc(NC(=O)C2=CC(C(F)(F)F)NN2c2ccccc2Cl)s1. The quantitative estimate of drug-likeness (QED) is 0.680. The van der Waals surface area contributed by atoms with Gasteiger partial charge in [-0.05, 0) is 25.1 Å². The summed E-state index contributed by atoms with van der Waals surface area (Å²) in [4.78, 5) is 24.3. The van der Waals surface area contributed by atoms with E-state index in [0.29, 0.717) is 0 Å². The number of para-hydroxylation sites is 1. The fourth-order valence-electron chi connectivity index (χ4n) is 2.37. The third-order valence-corrected chi connectivity index (χ3v) is 4.75. The molecule has 1 aromatic heterocycles. The van der Waals surface area contributed by atoms with Crippen LogP contribution in [0.4, 0.5) is 24.0 Å². The van der Waals surface area contributed by atoms with Gasteiger partial charge in [-0.15, -0.1) is 10.2 Å². The average molecular weight is 448 g/mol. The molecule has 1 aliphatic rings. The summed E-state index contributed by atoms with van der Waals surface area (Å²) in [6.07, 6.45) is -3.91. The molecule has 1 aliphatic heterocycles. The maximum Gasteiger partial charge on any atom is 0.409 e. The van der Waals surface area contributed by atoms with E-state index >= 15 is 0 Å². The van der Waals surface area contributed by atoms with Crippen LogP contribution in [-0.4, -0.2) is 40.9 Å². The number of alkyl halides is 3. The summed E-state index contributed by atoms with van der Waals surface area (Å²) < 4.78 is 44.4. The number of anilines is 2. The number of nitrogens with one attached hydrogen (secondary N) is 2. The highest BCUT2D eigenvalue weighted by molar-refractivity contribution is 7.17. The highest BCUT2D eigenvalue weighted by Crippen LogP contribution is 2.34. The summed E-state index contributed by atoms with van der Waals surface area (Å²) in [6.45, 7) is 1.74. The number of benzene rings is 1. The number of amides is 1. The summed E-state index contributed by atoms with van der Waals surface area (Å²) in [5, 5.41) is 10.5. The van der Waals surface area contributed by atoms with E-state index in [-0.39, 0.29) is 33.2 Å². The second-order valence-electron chi connectivity index (χ2n) is 5.57. The topological polar surface area (TPSA) is 96.5 Å². The number of hydrogen-bond donors (Lipinski definition) is 2. The van der Waals surface area contributed by atoms with Gasteiger partial charge in [0, 0.05) is 0 Å². The Balaban J connectivity index is 1.85. The van der Waals surface area contributed by atoms with Crippen LogP contribution in [-0.2, 0) is 9.53 Å². The van der Waals surface area contributed by atoms with Gasteiger partial charge in [0.05, 0.1) is 17.3 Å². The Labute approximate surface area is 171 Å². The second-order valence-corrected chi connectivity index (χ2v) is 6.96. The fraction of sp³-hybridized carbons (Fsp3) is 0.250. The van der Waals surface area contributed by atoms with Crippen molar-refractivity contribution >= 4 is 45.6 Å². The number of esters is 1. The van der Waals surface area contributed by atoms with E-state index in [1.807, 2.05) is 0 Å². The molecule has 154 valence electrons. The third-order valence-electron chi connectivity index (χ3n) is 3.61. The van der Waals surface area contributed by atoms with Crippen LogP contribution in [0.2, 0.25) is 5.02 Å². The van der Waals surface area contributed by atoms with Crippen molar-refractivity contribution in [1.82, 2.24) is 15.6 Å². The van der Waals surface area contributed by atoms with Crippen molar-refractivity contribution in [3.05, 3.63) is 46.1 Å². The van der Waals surface area contributed by atoms with Crippen molar-refractivity contribution in [3.63, 3.8) is 0 Å². The summed E-state index contributed by atoms with van der Waals surface area (Å²) in [5.74, 6) is -1.61. The van der Waals surface area contributed by atoms with Gasteiger partial charge in [-0.25, -0.2) is 10.2 Å². The van der Waals surface area contributed by atoms with E-state index in [2.05, 4.69) is 20.9 Å². The normalized spacial score (nSPS) is 16.5. The molecule has 1 atom stereocenters. The van der Waals surface area contributed by atoms with Gasteiger partial charge in [-0.2, -0.15) is 13.2 Å². The molecule has 1 unspecified atom stereocenters. The first-order valence-corrected chi connectivity index (χ1v) is 9.31. The van der Waals surface area contributed by atoms with Gasteiger partial charge in [-0.3, -0.25) is 15.1 Å². The summed E-state index contributed by atoms with van der Waals surface area (Å²) in [6, 6.07) is 4.01. The van der Waals surface area contributed by atoms with Crippen LogP contribution in [0.25, 0.3) is 0 Å². The fourth-order valence-corrected chi connectivity index (χ4v) is 3.22. The predicted octanol–water partition coefficient (Wildman–Crippen LogP) is 3.15. The van der Waals surface area contributed by atoms with Crippen LogP contribution >= 0.6 is 22.9 Å². The van der Waals surface area contributed by atoms with Crippen molar-refractivity contribution in [2.75, 3.05) is 16.9 Å². The first kappa shape index (κ1) is 21.0. The van der Waals surface area contributed by atoms with Crippen molar-refractivity contribution in [2.24, 2.45) is 0 Å². The average Bonchev–Trinajstić information content (AvgIpc) is 3.29. The monoisotopic (exact) mass is 447 g/mol. The number of hydrogen-bond acceptors (Lipinski definition) is 8. The summed E-state index contributed by atoms with van der Waals surface area (Å²) in [5.41, 5.74) is 2.03. The first-order chi connectivity index (χ1) is 13.7. The zero-order valence-electron chi connectivity index (χ0n) is 14.7. The Morgan fingerprint density at radius 3 is 2.72 bits per heavy atom. The Morgan fingerprint density at radius 1 is 1.34 bits per heavy atom. The van der Waals surface area contributed by atoms with E-state index in [9.17, 15) is 22.8 Å². The van der Waals surface area contributed by atoms with E-state index in [1.54, 1.807) is 19.1 Å². The van der Waals surface area contributed by atoms with Crippen LogP contribution in [0.1, 0.15) is 16.7 Å². The number of aromatic nitrogens is 2. The molecule has 2 N–H and O–H groups in total. The minimum atomic E-state index is -4.64. The van der Waals surface area contributed by atoms with Crippen molar-refractivity contribution in [2.45, 2.75) is 19.1 Å². The molecule has 0 fully saturated rings. The van der Waals surface area contributed by atoms with Crippen LogP contribution < -0.4 is 15.8 Å². The molecule has 1 aromatic carbocycles. The molecule has 0 saturated heterocycles. The Morgan fingerprint density at radius 2 is 2.07 bits per heavy atom. The molecule has 0 radical (unpaired) electrons. The smallest absolute Gasteiger partial charge is 0.409 e. The van der Waals surface area contributed by atoms with Crippen LogP contribution in [0.5, 0.6) is 0 Å². The Bertz CT molecular complexity index is 965. The van der Waals surface area contributed by atoms with Crippen molar-refractivity contribution in [3.8, 4) is 0 Å². The van der Waals surface area contributed by atoms with Gasteiger partial charge in [0.1, 0.15) is 11.7 Å². The number of carbonyl (C=O) groups excluding carboxylic acids is 2. The molecular formula is C16H13ClF3N5O3S. The first-order valence-electron chi connectivity index (χ1n) is 8.12. The van der Waals surface area contributed by atoms with E-state index in [0.717, 1.165) is 22.4 Å². The van der Waals surface area contributed by atoms with E-state index in [1.165, 1.54) is 12.1 Å². The lowest BCUT2D eigenvalue weighted by atomic mass is 10.2. The zero-order valence-corrected chi connectivity index (χ0v) is 16.2. The molecule has 2 heterocycles. The van der Waals surface area contributed by atoms with Crippen molar-refractivity contribution < 1.29 is 27.5 Å². The molecular weight excluding hydrogens is 435 g/mol. The van der Waals surface area contributed by atoms with Gasteiger partial charge in [0.15, 0.2) is 0 Å². The van der Waals surface area contributed by atoms with Gasteiger partial charge < -0.3 is 4.74 Å². The highest BCUT2D eigenvalue weighted by Gasteiger charge is 2.45. The maximum atomic E-state index is 13.2. The lowest BCUT2D eigenvalue weighted by Gasteiger charge is -2.24. The van der Waals surface area contributed by atoms with Crippen LogP contribution in [0, 0.1) is 0 Å². The minimum Gasteiger partial charge on any atom is -0.461 e. The highest BCUT2D eigenvalue weighted by atomic mass is 35.5. The largest absolute Gasteiger partial charge is 0.461 e. The molecule has 1 amide bonds. The molecule has 8 nitrogen and oxygen atoms in total. The number of ether oxygens (including phenoxy) is 1. The number of halogens is 4. The Hall–Kier alpha value is -2.70. The second kappa shape index (κ2) is 8.35. The Kier molecular flexibility index (Phi) is 6.05. The molecule has 0 saturated carbocycles. The lowest BCUT2D eigenvalue weighted by molar-refractivity contribution is -0.142. The maximum absolute atomic E-state index is 13.2. The molecule has 0 aliphatic carbocycles. The van der Waals surface area contributed by atoms with E-state index in [4.69, 9.17) is 16.3 Å². The molecule has 3 rings (SSSR count). The van der Waals surface area contributed by atoms with Gasteiger partial charge >= 0.3 is 12.1 Å². The molecule has 29 heavy (non-hydrogen) atoms. The minimum absolute atomic E-state index is 0.0754. The van der Waals surface area contributed by atoms with Crippen LogP contribution in [0.15, 0.2) is 36.0 Å². The molecule has 2 aromatic rings. The zero-order chi connectivity index (χ0) is 21.2. The third kappa shape index (κ3) is 4.66. The predicted molar refractivity (Wildman–Crippen MR) is 99.5 cm³/mol. The van der Waals surface area contributed by atoms with Gasteiger partial charge in [0.2, 0.25) is 10.1 Å². The molecule has 0 bridgehead atoms. The summed E-state index contributed by atoms with van der Waals surface area (Å²) >= 11 is 6.80. The lowest BCUT2D eigenvalue weighted by Crippen LogP contribution is -2.45. The van der Waals surface area contributed by atoms with E-state index < -0.39 is 24.1 Å². The van der Waals surface area contributed by atoms with Crippen molar-refractivity contribution in [1.29, 1.82) is 0 Å². The van der Waals surface area contributed by atoms with Gasteiger partial charge in [-0.1, -0.05) is 35.1 Å². The number of carbonyl (C=O) groups is 2. The van der Waals surface area contributed by atoms with Crippen LogP contribution in [0.3, 0.4) is 0 Å². The van der Waals surface area contributed by atoms with Gasteiger partial charge in [0.25, 0.3) is 5.91 Å². The number of rotatable bonds is 5. The standard InChI is InChI=1S/C16H13ClF3N5O3S/c1-2-28-14(27)13-22-23-15(29-13)21-12(26)10-7-11(16(18,19)20)24-25(10)9-6-4-3-5-8(9)17/h3-7,11,24H,2H2,1H3,(H,21,23,26). The number of hydrazine groups is 1. The molecule has 0 spiro atoms. The molecule has 13 heteroatoms. The summed E-state index contributed by atoms with van der Waals surface area (Å²) in [7, 11) is 0.